The Morgan fingerprint density at radius 3 is 2.70 bits per heavy atom. The highest BCUT2D eigenvalue weighted by Gasteiger charge is 1.85. The van der Waals surface area contributed by atoms with E-state index in [0.29, 0.717) is 6.61 Å². The summed E-state index contributed by atoms with van der Waals surface area (Å²) in [5, 5.41) is 8.44. The summed E-state index contributed by atoms with van der Waals surface area (Å²) >= 11 is 0. The molecule has 0 aromatic carbocycles. The van der Waals surface area contributed by atoms with Crippen molar-refractivity contribution >= 4 is 0 Å². The third-order valence-electron chi connectivity index (χ3n) is 1.43. The molecule has 0 saturated heterocycles. The first-order valence-corrected chi connectivity index (χ1v) is 3.86. The Morgan fingerprint density at radius 2 is 2.20 bits per heavy atom. The summed E-state index contributed by atoms with van der Waals surface area (Å²) < 4.78 is 0. The van der Waals surface area contributed by atoms with Gasteiger partial charge in [0.1, 0.15) is 0 Å². The van der Waals surface area contributed by atoms with Crippen LogP contribution in [0, 0.1) is 0 Å². The predicted octanol–water partition coefficient (Wildman–Crippen LogP) is 1.40. The molecule has 0 bridgehead atoms. The van der Waals surface area contributed by atoms with Crippen LogP contribution in [0.1, 0.15) is 32.6 Å². The number of nitrogens with two attached hydrogens (primary N) is 1. The second-order valence-electron chi connectivity index (χ2n) is 2.35. The predicted molar refractivity (Wildman–Crippen MR) is 43.5 cm³/mol. The second-order valence-corrected chi connectivity index (χ2v) is 2.35. The van der Waals surface area contributed by atoms with Crippen LogP contribution >= 0.6 is 0 Å². The van der Waals surface area contributed by atoms with Crippen molar-refractivity contribution in [1.82, 2.24) is 0 Å². The molecule has 2 heteroatoms. The molecule has 0 aliphatic carbocycles. The summed E-state index contributed by atoms with van der Waals surface area (Å²) in [7, 11) is 0. The van der Waals surface area contributed by atoms with Gasteiger partial charge in [-0.2, -0.15) is 0 Å². The Bertz CT molecular complexity index is 99.4. The summed E-state index contributed by atoms with van der Waals surface area (Å²) in [5.74, 6) is 0. The minimum atomic E-state index is 0.292. The van der Waals surface area contributed by atoms with Gasteiger partial charge in [-0.05, 0) is 25.7 Å². The molecule has 0 rings (SSSR count). The molecule has 2 nitrogen and oxygen atoms in total. The second kappa shape index (κ2) is 6.62. The molecule has 0 saturated carbocycles. The van der Waals surface area contributed by atoms with E-state index in [1.54, 1.807) is 0 Å². The first-order valence-electron chi connectivity index (χ1n) is 3.86. The molecule has 0 spiro atoms. The van der Waals surface area contributed by atoms with Crippen molar-refractivity contribution in [3.63, 3.8) is 0 Å². The average Bonchev–Trinajstić information content (AvgIpc) is 1.98. The van der Waals surface area contributed by atoms with E-state index in [0.717, 1.165) is 31.4 Å². The zero-order chi connectivity index (χ0) is 7.82. The summed E-state index contributed by atoms with van der Waals surface area (Å²) in [5.41, 5.74) is 6.51. The van der Waals surface area contributed by atoms with Crippen molar-refractivity contribution in [3.8, 4) is 0 Å². The fourth-order valence-electron chi connectivity index (χ4n) is 0.688. The standard InChI is InChI=1S/C8H17NO/c1-2-8(9)6-4-3-5-7-10/h6,10H,2-5,7,9H2,1H3. The maximum atomic E-state index is 8.44. The Morgan fingerprint density at radius 1 is 1.50 bits per heavy atom. The van der Waals surface area contributed by atoms with Crippen LogP contribution in [0.25, 0.3) is 0 Å². The normalized spacial score (nSPS) is 12.0. The van der Waals surface area contributed by atoms with Crippen molar-refractivity contribution < 1.29 is 5.11 Å². The van der Waals surface area contributed by atoms with Crippen LogP contribution in [-0.2, 0) is 0 Å². The van der Waals surface area contributed by atoms with Gasteiger partial charge in [-0.15, -0.1) is 0 Å². The molecule has 10 heavy (non-hydrogen) atoms. The van der Waals surface area contributed by atoms with E-state index < -0.39 is 0 Å². The number of hydrogen-bond acceptors (Lipinski definition) is 2. The molecule has 0 aliphatic rings. The maximum Gasteiger partial charge on any atom is 0.0431 e. The lowest BCUT2D eigenvalue weighted by Gasteiger charge is -1.95. The highest BCUT2D eigenvalue weighted by atomic mass is 16.2. The smallest absolute Gasteiger partial charge is 0.0431 e. The number of hydrogen-bond donors (Lipinski definition) is 2. The molecule has 3 N–H and O–H groups in total. The van der Waals surface area contributed by atoms with E-state index in [1.807, 2.05) is 13.0 Å². The zero-order valence-corrected chi connectivity index (χ0v) is 6.64. The van der Waals surface area contributed by atoms with Crippen molar-refractivity contribution in [1.29, 1.82) is 0 Å². The lowest BCUT2D eigenvalue weighted by molar-refractivity contribution is 0.285. The summed E-state index contributed by atoms with van der Waals surface area (Å²) in [4.78, 5) is 0. The number of allylic oxidation sites excluding steroid dienone is 2. The molecular formula is C8H17NO. The van der Waals surface area contributed by atoms with Gasteiger partial charge in [0.25, 0.3) is 0 Å². The first-order chi connectivity index (χ1) is 4.81. The summed E-state index contributed by atoms with van der Waals surface area (Å²) in [6.07, 6.45) is 5.89. The number of rotatable bonds is 5. The fourth-order valence-corrected chi connectivity index (χ4v) is 0.688. The molecule has 0 fully saturated rings. The minimum absolute atomic E-state index is 0.292. The molecule has 0 aromatic heterocycles. The Labute approximate surface area is 62.7 Å². The molecule has 0 amide bonds. The minimum Gasteiger partial charge on any atom is -0.402 e. The van der Waals surface area contributed by atoms with E-state index in [4.69, 9.17) is 10.8 Å². The van der Waals surface area contributed by atoms with Crippen LogP contribution in [-0.4, -0.2) is 11.7 Å². The molecule has 0 atom stereocenters. The quantitative estimate of drug-likeness (QED) is 0.571. The first kappa shape index (κ1) is 9.50. The molecule has 0 heterocycles. The summed E-state index contributed by atoms with van der Waals surface area (Å²) in [6, 6.07) is 0. The van der Waals surface area contributed by atoms with Crippen molar-refractivity contribution in [2.45, 2.75) is 32.6 Å². The molecule has 0 aromatic rings. The lowest BCUT2D eigenvalue weighted by atomic mass is 10.2. The van der Waals surface area contributed by atoms with Crippen LogP contribution < -0.4 is 5.73 Å². The van der Waals surface area contributed by atoms with Crippen LogP contribution in [0.5, 0.6) is 0 Å². The number of unbranched alkanes of at least 4 members (excludes halogenated alkanes) is 2. The monoisotopic (exact) mass is 143 g/mol. The SMILES string of the molecule is CCC(N)=CCCCCO. The topological polar surface area (TPSA) is 46.2 Å². The highest BCUT2D eigenvalue weighted by Crippen LogP contribution is 1.99. The van der Waals surface area contributed by atoms with Gasteiger partial charge in [-0.25, -0.2) is 0 Å². The van der Waals surface area contributed by atoms with Crippen LogP contribution in [0.15, 0.2) is 11.8 Å². The number of aliphatic hydroxyl groups is 1. The van der Waals surface area contributed by atoms with Gasteiger partial charge in [-0.3, -0.25) is 0 Å². The van der Waals surface area contributed by atoms with Crippen LogP contribution in [0.3, 0.4) is 0 Å². The van der Waals surface area contributed by atoms with Gasteiger partial charge in [0.2, 0.25) is 0 Å². The third-order valence-corrected chi connectivity index (χ3v) is 1.43. The lowest BCUT2D eigenvalue weighted by Crippen LogP contribution is -1.94. The van der Waals surface area contributed by atoms with Crippen LogP contribution in [0.4, 0.5) is 0 Å². The molecule has 0 aliphatic heterocycles. The van der Waals surface area contributed by atoms with E-state index in [-0.39, 0.29) is 0 Å². The molecule has 0 unspecified atom stereocenters. The van der Waals surface area contributed by atoms with Gasteiger partial charge in [-0.1, -0.05) is 13.0 Å². The van der Waals surface area contributed by atoms with Crippen LogP contribution in [0.2, 0.25) is 0 Å². The van der Waals surface area contributed by atoms with E-state index in [1.165, 1.54) is 0 Å². The maximum absolute atomic E-state index is 8.44. The van der Waals surface area contributed by atoms with E-state index >= 15 is 0 Å². The van der Waals surface area contributed by atoms with E-state index in [9.17, 15) is 0 Å². The van der Waals surface area contributed by atoms with Gasteiger partial charge in [0.05, 0.1) is 0 Å². The third kappa shape index (κ3) is 5.63. The molecule has 0 radical (unpaired) electrons. The molecular weight excluding hydrogens is 126 g/mol. The largest absolute Gasteiger partial charge is 0.402 e. The Kier molecular flexibility index (Phi) is 6.29. The van der Waals surface area contributed by atoms with Gasteiger partial charge in [0, 0.05) is 12.3 Å². The number of aliphatic hydroxyl groups excluding tert-OH is 1. The zero-order valence-electron chi connectivity index (χ0n) is 6.64. The highest BCUT2D eigenvalue weighted by molar-refractivity contribution is 4.94. The van der Waals surface area contributed by atoms with Crippen molar-refractivity contribution in [2.24, 2.45) is 5.73 Å². The molecule has 60 valence electrons. The van der Waals surface area contributed by atoms with Gasteiger partial charge >= 0.3 is 0 Å². The van der Waals surface area contributed by atoms with Crippen molar-refractivity contribution in [2.75, 3.05) is 6.61 Å². The van der Waals surface area contributed by atoms with Gasteiger partial charge in [0.15, 0.2) is 0 Å². The van der Waals surface area contributed by atoms with Gasteiger partial charge < -0.3 is 10.8 Å². The summed E-state index contributed by atoms with van der Waals surface area (Å²) in [6.45, 7) is 2.33. The van der Waals surface area contributed by atoms with E-state index in [2.05, 4.69) is 0 Å². The fraction of sp³-hybridized carbons (Fsp3) is 0.750. The van der Waals surface area contributed by atoms with Crippen molar-refractivity contribution in [3.05, 3.63) is 11.8 Å². The Balaban J connectivity index is 3.16. The average molecular weight is 143 g/mol. The Hall–Kier alpha value is -0.500.